The summed E-state index contributed by atoms with van der Waals surface area (Å²) in [5, 5.41) is 8.06. The zero-order valence-corrected chi connectivity index (χ0v) is 4.43. The molecule has 2 atom stereocenters. The minimum absolute atomic E-state index is 1.03. The van der Waals surface area contributed by atoms with E-state index in [1.165, 1.54) is 0 Å². The van der Waals surface area contributed by atoms with Gasteiger partial charge in [0, 0.05) is 7.10 Å². The molecule has 3 N–H and O–H groups in total. The van der Waals surface area contributed by atoms with Crippen molar-refractivity contribution in [3.8, 4) is 0 Å². The van der Waals surface area contributed by atoms with Crippen molar-refractivity contribution in [3.63, 3.8) is 0 Å². The van der Waals surface area contributed by atoms with Crippen molar-refractivity contribution in [2.24, 2.45) is 5.73 Å². The van der Waals surface area contributed by atoms with Gasteiger partial charge in [-0.15, -0.1) is 0 Å². The highest BCUT2D eigenvalue weighted by Gasteiger charge is 2.06. The largest absolute Gasteiger partial charge is 0.480 e. The molecule has 0 unspecified atom stereocenters. The third kappa shape index (κ3) is 2.47. The van der Waals surface area contributed by atoms with Crippen LogP contribution in [0, 0.1) is 0 Å². The van der Waals surface area contributed by atoms with E-state index in [0.717, 1.165) is 0 Å². The Bertz CT molecular complexity index is 97.3. The van der Waals surface area contributed by atoms with E-state index in [4.69, 9.17) is 12.2 Å². The van der Waals surface area contributed by atoms with E-state index in [1.807, 2.05) is 0 Å². The number of rotatable bonds is 2. The van der Waals surface area contributed by atoms with Crippen LogP contribution in [0.25, 0.3) is 0 Å². The molecule has 0 amide bonds. The summed E-state index contributed by atoms with van der Waals surface area (Å²) in [6, 6.07) is -1.18. The molecule has 0 aliphatic carbocycles. The summed E-state index contributed by atoms with van der Waals surface area (Å²) in [6.45, 7) is 0. The summed E-state index contributed by atoms with van der Waals surface area (Å²) >= 11 is 3.49. The van der Waals surface area contributed by atoms with Crippen molar-refractivity contribution in [2.75, 3.05) is 5.73 Å². The van der Waals surface area contributed by atoms with Crippen LogP contribution in [0.4, 0.5) is 0 Å². The third-order valence-electron chi connectivity index (χ3n) is 0.446. The summed E-state index contributed by atoms with van der Waals surface area (Å²) < 4.78 is 6.67. The Morgan fingerprint density at radius 3 is 2.71 bits per heavy atom. The summed E-state index contributed by atoms with van der Waals surface area (Å²) in [5.74, 6) is -1.19. The van der Waals surface area contributed by atoms with Crippen LogP contribution < -0.4 is 5.73 Å². The maximum absolute atomic E-state index is 9.85. The fourth-order valence-electron chi connectivity index (χ4n) is 0.0638. The van der Waals surface area contributed by atoms with Gasteiger partial charge in [0.2, 0.25) is 0 Å². The highest BCUT2D eigenvalue weighted by Crippen LogP contribution is 1.80. The van der Waals surface area contributed by atoms with Crippen molar-refractivity contribution in [3.05, 3.63) is 0 Å². The predicted molar refractivity (Wildman–Crippen MR) is 29.5 cm³/mol. The van der Waals surface area contributed by atoms with E-state index in [2.05, 4.69) is 12.6 Å². The highest BCUT2D eigenvalue weighted by atomic mass is 32.1. The molecule has 0 bridgehead atoms. The van der Waals surface area contributed by atoms with Crippen LogP contribution in [0.3, 0.4) is 0 Å². The molecule has 0 aromatic carbocycles. The minimum Gasteiger partial charge on any atom is -0.480 e. The Hall–Kier alpha value is -0.220. The first-order valence-electron chi connectivity index (χ1n) is 2.22. The van der Waals surface area contributed by atoms with Crippen molar-refractivity contribution in [1.29, 1.82) is 0 Å². The molecule has 0 rings (SSSR count). The van der Waals surface area contributed by atoms with Gasteiger partial charge < -0.3 is 10.8 Å². The molecule has 0 heterocycles. The average molecular weight is 126 g/mol. The zero-order valence-electron chi connectivity index (χ0n) is 4.53. The van der Waals surface area contributed by atoms with Crippen molar-refractivity contribution in [1.82, 2.24) is 0 Å². The Morgan fingerprint density at radius 2 is 2.71 bits per heavy atom. The molecule has 0 radical (unpaired) electrons. The number of hydrogen-bond donors (Lipinski definition) is 3. The maximum atomic E-state index is 9.85. The maximum Gasteiger partial charge on any atom is 0.321 e. The van der Waals surface area contributed by atoms with Gasteiger partial charge in [0.15, 0.2) is 0 Å². The number of carboxylic acids is 1. The van der Waals surface area contributed by atoms with Gasteiger partial charge in [-0.3, -0.25) is 4.79 Å². The summed E-state index contributed by atoms with van der Waals surface area (Å²) in [4.78, 5) is 9.85. The molecule has 0 aliphatic heterocycles. The normalized spacial score (nSPS) is 20.0. The molecule has 0 aromatic heterocycles. The van der Waals surface area contributed by atoms with Crippen LogP contribution in [0.5, 0.6) is 0 Å². The first kappa shape index (κ1) is 4.93. The van der Waals surface area contributed by atoms with Crippen LogP contribution >= 0.6 is 12.6 Å². The fraction of sp³-hybridized carbons (Fsp3) is 0.667. The molecule has 0 aromatic rings. The first-order chi connectivity index (χ1) is 3.55. The van der Waals surface area contributed by atoms with E-state index >= 15 is 0 Å². The second-order valence-corrected chi connectivity index (χ2v) is 1.31. The Labute approximate surface area is 48.3 Å². The van der Waals surface area contributed by atoms with E-state index in [0.29, 0.717) is 0 Å². The molecule has 0 spiro atoms. The molecule has 3 nitrogen and oxygen atoms in total. The number of hydrogen-bond acceptors (Lipinski definition) is 3. The number of aliphatic carboxylic acids is 1. The second-order valence-electron chi connectivity index (χ2n) is 1.01. The predicted octanol–water partition coefficient (Wildman–Crippen LogP) is -0.672. The Balaban J connectivity index is 3.64. The van der Waals surface area contributed by atoms with E-state index in [-0.39, 0.29) is 0 Å². The molecule has 0 aliphatic rings. The fourth-order valence-corrected chi connectivity index (χ4v) is 0.191. The van der Waals surface area contributed by atoms with E-state index in [9.17, 15) is 4.79 Å². The monoisotopic (exact) mass is 126 g/mol. The lowest BCUT2D eigenvalue weighted by atomic mass is 11.4. The molecule has 0 fully saturated rings. The van der Waals surface area contributed by atoms with Gasteiger partial charge in [-0.1, -0.05) is 0 Å². The lowest BCUT2D eigenvalue weighted by Gasteiger charge is -1.96. The van der Waals surface area contributed by atoms with Crippen LogP contribution in [-0.4, -0.2) is 22.8 Å². The van der Waals surface area contributed by atoms with Gasteiger partial charge in [-0.2, -0.15) is 12.6 Å². The highest BCUT2D eigenvalue weighted by molar-refractivity contribution is 7.80. The third-order valence-corrected chi connectivity index (χ3v) is 0.767. The van der Waals surface area contributed by atoms with Gasteiger partial charge in [-0.25, -0.2) is 0 Å². The first-order valence-corrected chi connectivity index (χ1v) is 2.16. The van der Waals surface area contributed by atoms with Crippen molar-refractivity contribution in [2.45, 2.75) is 6.04 Å². The molecular weight excluding hydrogens is 118 g/mol. The Kier molecular flexibility index (Phi) is 2.02. The van der Waals surface area contributed by atoms with Gasteiger partial charge in [0.25, 0.3) is 0 Å². The van der Waals surface area contributed by atoms with Crippen LogP contribution in [0.15, 0.2) is 0 Å². The molecule has 0 saturated heterocycles. The standard InChI is InChI=1S/C3H7NO2S/c4-2(1-7)3(5)6/h2,7H,1,4H2,(H,5,6)/t2-/m0/s1/i1+1D,2+1,3+1,4+1/t1-,2+/m1. The number of thiol groups is 1. The van der Waals surface area contributed by atoms with E-state index < -0.39 is 17.7 Å². The molecule has 7 heavy (non-hydrogen) atoms. The molecule has 0 saturated carbocycles. The van der Waals surface area contributed by atoms with Crippen LogP contribution in [-0.2, 0) is 4.79 Å². The number of carboxylic acid groups (broad SMARTS) is 1. The summed E-state index contributed by atoms with van der Waals surface area (Å²) in [7, 11) is 0. The quantitative estimate of drug-likeness (QED) is 0.261. The molecular formula is C3H7NO2S. The topological polar surface area (TPSA) is 63.3 Å². The smallest absolute Gasteiger partial charge is 0.321 e. The minimum atomic E-state index is -1.19. The summed E-state index contributed by atoms with van der Waals surface area (Å²) in [5.41, 5.74) is 3.86. The van der Waals surface area contributed by atoms with Gasteiger partial charge in [0.1, 0.15) is 6.04 Å². The summed E-state index contributed by atoms with van der Waals surface area (Å²) in [6.07, 6.45) is 0. The lowest BCUT2D eigenvalue weighted by Crippen LogP contribution is -2.31. The van der Waals surface area contributed by atoms with Crippen molar-refractivity contribution < 1.29 is 11.3 Å². The number of carbonyl (C=O) groups is 1. The molecule has 4 heteroatoms. The van der Waals surface area contributed by atoms with Gasteiger partial charge in [0.05, 0.1) is 0 Å². The second kappa shape index (κ2) is 2.87. The van der Waals surface area contributed by atoms with Gasteiger partial charge in [-0.05, 0) is 0 Å². The lowest BCUT2D eigenvalue weighted by molar-refractivity contribution is -0.137. The van der Waals surface area contributed by atoms with E-state index in [1.54, 1.807) is 0 Å². The van der Waals surface area contributed by atoms with Crippen molar-refractivity contribution >= 4 is 18.6 Å². The van der Waals surface area contributed by atoms with Crippen LogP contribution in [0.1, 0.15) is 1.37 Å². The Morgan fingerprint density at radius 1 is 2.29 bits per heavy atom. The molecule has 42 valence electrons. The number of nitrogens with two attached hydrogens (primary N) is 1. The van der Waals surface area contributed by atoms with Gasteiger partial charge >= 0.3 is 5.97 Å². The SMILES string of the molecule is [2H][13C@@H](S)[13C@H]([15NH2])[13C](=O)O. The average Bonchev–Trinajstić information content (AvgIpc) is 1.64. The van der Waals surface area contributed by atoms with Crippen LogP contribution in [0.2, 0.25) is 0 Å². The zero-order chi connectivity index (χ0) is 6.73.